The Balaban J connectivity index is 2.57. The smallest absolute Gasteiger partial charge is 0.328 e. The summed E-state index contributed by atoms with van der Waals surface area (Å²) < 4.78 is 0. The molecule has 1 aromatic rings. The highest BCUT2D eigenvalue weighted by Gasteiger charge is 2.09. The SMILES string of the molecule is C/C(=C/C(=O)O)C(=O)NNC(=O)c1ccc(C)cc1. The van der Waals surface area contributed by atoms with Crippen molar-refractivity contribution in [1.82, 2.24) is 10.9 Å². The molecule has 2 amide bonds. The van der Waals surface area contributed by atoms with Crippen LogP contribution in [0.1, 0.15) is 22.8 Å². The van der Waals surface area contributed by atoms with Gasteiger partial charge in [-0.05, 0) is 26.0 Å². The Kier molecular flexibility index (Phi) is 4.82. The topological polar surface area (TPSA) is 95.5 Å². The van der Waals surface area contributed by atoms with Crippen LogP contribution in [0.4, 0.5) is 0 Å². The molecular formula is C13H14N2O4. The number of aliphatic carboxylic acids is 1. The number of hydrogen-bond acceptors (Lipinski definition) is 3. The third-order valence-corrected chi connectivity index (χ3v) is 2.30. The number of rotatable bonds is 3. The zero-order valence-electron chi connectivity index (χ0n) is 10.6. The van der Waals surface area contributed by atoms with E-state index in [1.165, 1.54) is 6.92 Å². The molecule has 0 aromatic heterocycles. The third-order valence-electron chi connectivity index (χ3n) is 2.30. The Labute approximate surface area is 110 Å². The minimum Gasteiger partial charge on any atom is -0.478 e. The van der Waals surface area contributed by atoms with Crippen LogP contribution in [-0.4, -0.2) is 22.9 Å². The zero-order valence-corrected chi connectivity index (χ0v) is 10.6. The summed E-state index contributed by atoms with van der Waals surface area (Å²) in [5, 5.41) is 8.47. The van der Waals surface area contributed by atoms with E-state index >= 15 is 0 Å². The predicted octanol–water partition coefficient (Wildman–Crippen LogP) is 0.787. The van der Waals surface area contributed by atoms with E-state index in [9.17, 15) is 14.4 Å². The maximum atomic E-state index is 11.6. The largest absolute Gasteiger partial charge is 0.478 e. The molecule has 0 atom stereocenters. The van der Waals surface area contributed by atoms with Crippen LogP contribution < -0.4 is 10.9 Å². The van der Waals surface area contributed by atoms with E-state index in [4.69, 9.17) is 5.11 Å². The normalized spacial score (nSPS) is 10.7. The van der Waals surface area contributed by atoms with Crippen LogP contribution in [0.25, 0.3) is 0 Å². The number of nitrogens with one attached hydrogen (secondary N) is 2. The number of amides is 2. The number of benzene rings is 1. The molecule has 0 saturated carbocycles. The van der Waals surface area contributed by atoms with E-state index in [0.29, 0.717) is 5.56 Å². The van der Waals surface area contributed by atoms with Gasteiger partial charge >= 0.3 is 5.97 Å². The second-order valence-electron chi connectivity index (χ2n) is 3.94. The third kappa shape index (κ3) is 4.63. The Hall–Kier alpha value is -2.63. The van der Waals surface area contributed by atoms with Gasteiger partial charge in [0.25, 0.3) is 11.8 Å². The maximum Gasteiger partial charge on any atom is 0.328 e. The van der Waals surface area contributed by atoms with Gasteiger partial charge in [0.2, 0.25) is 0 Å². The molecule has 0 aliphatic carbocycles. The number of carboxylic acids is 1. The van der Waals surface area contributed by atoms with E-state index in [0.717, 1.165) is 11.6 Å². The number of hydrogen-bond donors (Lipinski definition) is 3. The van der Waals surface area contributed by atoms with Crippen LogP contribution in [0.5, 0.6) is 0 Å². The summed E-state index contributed by atoms with van der Waals surface area (Å²) in [6.07, 6.45) is 0.757. The first-order valence-corrected chi connectivity index (χ1v) is 5.48. The fourth-order valence-electron chi connectivity index (χ4n) is 1.24. The summed E-state index contributed by atoms with van der Waals surface area (Å²) in [7, 11) is 0. The van der Waals surface area contributed by atoms with E-state index < -0.39 is 17.8 Å². The molecule has 0 spiro atoms. The average Bonchev–Trinajstić information content (AvgIpc) is 2.35. The van der Waals surface area contributed by atoms with Gasteiger partial charge in [0, 0.05) is 17.2 Å². The van der Waals surface area contributed by atoms with Gasteiger partial charge in [0.05, 0.1) is 0 Å². The minimum atomic E-state index is -1.22. The van der Waals surface area contributed by atoms with Crippen molar-refractivity contribution in [3.05, 3.63) is 47.0 Å². The standard InChI is InChI=1S/C13H14N2O4/c1-8-3-5-10(6-4-8)13(19)15-14-12(18)9(2)7-11(16)17/h3-7H,1-2H3,(H,14,18)(H,15,19)(H,16,17)/b9-7-. The minimum absolute atomic E-state index is 0.0169. The first-order chi connectivity index (χ1) is 8.90. The number of aryl methyl sites for hydroxylation is 1. The lowest BCUT2D eigenvalue weighted by Crippen LogP contribution is -2.42. The van der Waals surface area contributed by atoms with Gasteiger partial charge < -0.3 is 5.11 Å². The molecule has 1 aromatic carbocycles. The molecular weight excluding hydrogens is 248 g/mol. The van der Waals surface area contributed by atoms with Crippen LogP contribution in [0.15, 0.2) is 35.9 Å². The van der Waals surface area contributed by atoms with E-state index in [2.05, 4.69) is 10.9 Å². The van der Waals surface area contributed by atoms with Crippen molar-refractivity contribution in [3.63, 3.8) is 0 Å². The van der Waals surface area contributed by atoms with E-state index in [1.807, 2.05) is 6.92 Å². The van der Waals surface area contributed by atoms with E-state index in [1.54, 1.807) is 24.3 Å². The molecule has 0 bridgehead atoms. The first kappa shape index (κ1) is 14.4. The predicted molar refractivity (Wildman–Crippen MR) is 68.2 cm³/mol. The van der Waals surface area contributed by atoms with Gasteiger partial charge in [-0.1, -0.05) is 17.7 Å². The fraction of sp³-hybridized carbons (Fsp3) is 0.154. The van der Waals surface area contributed by atoms with Gasteiger partial charge in [-0.25, -0.2) is 4.79 Å². The molecule has 0 unspecified atom stereocenters. The van der Waals surface area contributed by atoms with E-state index in [-0.39, 0.29) is 5.57 Å². The van der Waals surface area contributed by atoms with Crippen molar-refractivity contribution in [2.75, 3.05) is 0 Å². The number of hydrazine groups is 1. The Morgan fingerprint density at radius 1 is 1.11 bits per heavy atom. The molecule has 6 nitrogen and oxygen atoms in total. The molecule has 19 heavy (non-hydrogen) atoms. The molecule has 3 N–H and O–H groups in total. The van der Waals surface area contributed by atoms with Crippen molar-refractivity contribution in [2.45, 2.75) is 13.8 Å². The lowest BCUT2D eigenvalue weighted by atomic mass is 10.1. The van der Waals surface area contributed by atoms with Crippen molar-refractivity contribution >= 4 is 17.8 Å². The van der Waals surface area contributed by atoms with Crippen molar-refractivity contribution in [1.29, 1.82) is 0 Å². The van der Waals surface area contributed by atoms with Gasteiger partial charge in [0.1, 0.15) is 0 Å². The molecule has 0 radical (unpaired) electrons. The maximum absolute atomic E-state index is 11.6. The fourth-order valence-corrected chi connectivity index (χ4v) is 1.24. The highest BCUT2D eigenvalue weighted by Crippen LogP contribution is 2.02. The Bertz CT molecular complexity index is 532. The summed E-state index contributed by atoms with van der Waals surface area (Å²) in [5.41, 5.74) is 5.72. The van der Waals surface area contributed by atoms with Crippen molar-refractivity contribution in [3.8, 4) is 0 Å². The lowest BCUT2D eigenvalue weighted by Gasteiger charge is -2.07. The summed E-state index contributed by atoms with van der Waals surface area (Å²) in [6.45, 7) is 3.23. The molecule has 0 saturated heterocycles. The van der Waals surface area contributed by atoms with Crippen LogP contribution in [-0.2, 0) is 9.59 Å². The Morgan fingerprint density at radius 3 is 2.21 bits per heavy atom. The summed E-state index contributed by atoms with van der Waals surface area (Å²) >= 11 is 0. The monoisotopic (exact) mass is 262 g/mol. The highest BCUT2D eigenvalue weighted by atomic mass is 16.4. The van der Waals surface area contributed by atoms with Crippen molar-refractivity contribution in [2.24, 2.45) is 0 Å². The second-order valence-corrected chi connectivity index (χ2v) is 3.94. The van der Waals surface area contributed by atoms with Gasteiger partial charge in [-0.2, -0.15) is 0 Å². The summed E-state index contributed by atoms with van der Waals surface area (Å²) in [5.74, 6) is -2.38. The molecule has 0 fully saturated rings. The van der Waals surface area contributed by atoms with Crippen LogP contribution >= 0.6 is 0 Å². The summed E-state index contributed by atoms with van der Waals surface area (Å²) in [4.78, 5) is 33.4. The highest BCUT2D eigenvalue weighted by molar-refractivity contribution is 6.01. The average molecular weight is 262 g/mol. The van der Waals surface area contributed by atoms with Crippen LogP contribution in [0.2, 0.25) is 0 Å². The molecule has 0 aliphatic rings. The molecule has 0 heterocycles. The van der Waals surface area contributed by atoms with Crippen LogP contribution in [0.3, 0.4) is 0 Å². The zero-order chi connectivity index (χ0) is 14.4. The molecule has 100 valence electrons. The molecule has 6 heteroatoms. The second kappa shape index (κ2) is 6.34. The lowest BCUT2D eigenvalue weighted by molar-refractivity contribution is -0.131. The summed E-state index contributed by atoms with van der Waals surface area (Å²) in [6, 6.07) is 6.78. The Morgan fingerprint density at radius 2 is 1.68 bits per heavy atom. The van der Waals surface area contributed by atoms with Crippen LogP contribution in [0, 0.1) is 6.92 Å². The van der Waals surface area contributed by atoms with Crippen molar-refractivity contribution < 1.29 is 19.5 Å². The quantitative estimate of drug-likeness (QED) is 0.554. The molecule has 0 aliphatic heterocycles. The number of carbonyl (C=O) groups excluding carboxylic acids is 2. The van der Waals surface area contributed by atoms with Gasteiger partial charge in [0.15, 0.2) is 0 Å². The van der Waals surface area contributed by atoms with Gasteiger partial charge in [-0.3, -0.25) is 20.4 Å². The molecule has 1 rings (SSSR count). The number of carbonyl (C=O) groups is 3. The van der Waals surface area contributed by atoms with Gasteiger partial charge in [-0.15, -0.1) is 0 Å². The number of carboxylic acid groups (broad SMARTS) is 1. The first-order valence-electron chi connectivity index (χ1n) is 5.48.